The molecule has 0 amide bonds. The molecule has 120 valence electrons. The highest BCUT2D eigenvalue weighted by molar-refractivity contribution is 5.74. The Kier molecular flexibility index (Phi) is 4.00. The summed E-state index contributed by atoms with van der Waals surface area (Å²) in [5.41, 5.74) is 0.298. The van der Waals surface area contributed by atoms with Gasteiger partial charge in [-0.1, -0.05) is 32.0 Å². The molecule has 6 heteroatoms. The lowest BCUT2D eigenvalue weighted by molar-refractivity contribution is 0.0140. The minimum atomic E-state index is -0.894. The van der Waals surface area contributed by atoms with E-state index in [4.69, 9.17) is 0 Å². The second kappa shape index (κ2) is 5.96. The number of para-hydroxylation sites is 1. The molecule has 0 fully saturated rings. The molecule has 0 atom stereocenters. The number of hydrogen-bond acceptors (Lipinski definition) is 4. The van der Waals surface area contributed by atoms with E-state index in [1.165, 1.54) is 17.1 Å². The third kappa shape index (κ3) is 2.77. The van der Waals surface area contributed by atoms with Gasteiger partial charge in [-0.25, -0.2) is 9.67 Å². The van der Waals surface area contributed by atoms with E-state index < -0.39 is 5.60 Å². The Hall–Kier alpha value is -2.47. The normalized spacial score (nSPS) is 12.0. The van der Waals surface area contributed by atoms with Gasteiger partial charge in [0.15, 0.2) is 5.65 Å². The van der Waals surface area contributed by atoms with Crippen LogP contribution in [0.1, 0.15) is 26.7 Å². The molecule has 0 aliphatic carbocycles. The molecule has 2 aromatic heterocycles. The lowest BCUT2D eigenvalue weighted by Crippen LogP contribution is -2.37. The van der Waals surface area contributed by atoms with Crippen LogP contribution in [0.2, 0.25) is 0 Å². The monoisotopic (exact) mass is 312 g/mol. The predicted molar refractivity (Wildman–Crippen MR) is 88.7 cm³/mol. The van der Waals surface area contributed by atoms with E-state index in [1.807, 2.05) is 44.2 Å². The summed E-state index contributed by atoms with van der Waals surface area (Å²) in [6.45, 7) is 4.06. The zero-order valence-corrected chi connectivity index (χ0v) is 13.3. The van der Waals surface area contributed by atoms with Gasteiger partial charge in [-0.05, 0) is 25.0 Å². The van der Waals surface area contributed by atoms with E-state index in [2.05, 4.69) is 10.1 Å². The fourth-order valence-electron chi connectivity index (χ4n) is 2.61. The maximum atomic E-state index is 12.6. The van der Waals surface area contributed by atoms with Crippen LogP contribution in [0.3, 0.4) is 0 Å². The summed E-state index contributed by atoms with van der Waals surface area (Å²) in [6.07, 6.45) is 4.18. The summed E-state index contributed by atoms with van der Waals surface area (Å²) in [5.74, 6) is 0. The average Bonchev–Trinajstić information content (AvgIpc) is 3.03. The molecular formula is C17H20N4O2. The standard InChI is InChI=1S/C17H20N4O2/c1-3-17(23,4-2)11-20-12-18-15-14(16(20)22)10-19-21(15)13-8-6-5-7-9-13/h5-10,12,23H,3-4,11H2,1-2H3. The van der Waals surface area contributed by atoms with Crippen molar-refractivity contribution < 1.29 is 5.11 Å². The number of aliphatic hydroxyl groups is 1. The van der Waals surface area contributed by atoms with Gasteiger partial charge in [0.05, 0.1) is 24.0 Å². The first-order chi connectivity index (χ1) is 11.1. The van der Waals surface area contributed by atoms with Gasteiger partial charge in [0.2, 0.25) is 0 Å². The first-order valence-corrected chi connectivity index (χ1v) is 7.79. The Bertz CT molecular complexity index is 863. The highest BCUT2D eigenvalue weighted by Crippen LogP contribution is 2.17. The summed E-state index contributed by atoms with van der Waals surface area (Å²) in [5, 5.41) is 15.2. The highest BCUT2D eigenvalue weighted by atomic mass is 16.3. The molecular weight excluding hydrogens is 292 g/mol. The Morgan fingerprint density at radius 3 is 2.52 bits per heavy atom. The molecule has 23 heavy (non-hydrogen) atoms. The Balaban J connectivity index is 2.07. The van der Waals surface area contributed by atoms with Crippen LogP contribution in [0.25, 0.3) is 16.7 Å². The van der Waals surface area contributed by atoms with E-state index in [1.54, 1.807) is 4.68 Å². The van der Waals surface area contributed by atoms with Gasteiger partial charge in [-0.3, -0.25) is 9.36 Å². The maximum Gasteiger partial charge on any atom is 0.264 e. The van der Waals surface area contributed by atoms with Crippen LogP contribution in [-0.4, -0.2) is 30.0 Å². The second-order valence-corrected chi connectivity index (χ2v) is 5.74. The zero-order chi connectivity index (χ0) is 16.4. The van der Waals surface area contributed by atoms with Crippen LogP contribution in [0, 0.1) is 0 Å². The summed E-state index contributed by atoms with van der Waals surface area (Å²) < 4.78 is 3.11. The fourth-order valence-corrected chi connectivity index (χ4v) is 2.61. The van der Waals surface area contributed by atoms with Crippen molar-refractivity contribution in [1.82, 2.24) is 19.3 Å². The lowest BCUT2D eigenvalue weighted by atomic mass is 9.97. The fraction of sp³-hybridized carbons (Fsp3) is 0.353. The number of fused-ring (bicyclic) bond motifs is 1. The van der Waals surface area contributed by atoms with Crippen molar-refractivity contribution in [2.45, 2.75) is 38.8 Å². The van der Waals surface area contributed by atoms with Crippen molar-refractivity contribution in [2.75, 3.05) is 0 Å². The van der Waals surface area contributed by atoms with E-state index in [0.29, 0.717) is 23.9 Å². The number of rotatable bonds is 5. The van der Waals surface area contributed by atoms with Gasteiger partial charge in [0.1, 0.15) is 11.7 Å². The first kappa shape index (κ1) is 15.4. The molecule has 6 nitrogen and oxygen atoms in total. The molecule has 2 heterocycles. The number of hydrogen-bond donors (Lipinski definition) is 1. The van der Waals surface area contributed by atoms with Crippen LogP contribution in [0.15, 0.2) is 47.7 Å². The van der Waals surface area contributed by atoms with Crippen LogP contribution < -0.4 is 5.56 Å². The van der Waals surface area contributed by atoms with Crippen LogP contribution in [0.5, 0.6) is 0 Å². The van der Waals surface area contributed by atoms with E-state index in [0.717, 1.165) is 5.69 Å². The minimum Gasteiger partial charge on any atom is -0.388 e. The van der Waals surface area contributed by atoms with Crippen LogP contribution in [-0.2, 0) is 6.54 Å². The van der Waals surface area contributed by atoms with Crippen LogP contribution >= 0.6 is 0 Å². The molecule has 0 bridgehead atoms. The number of aromatic nitrogens is 4. The molecule has 0 saturated carbocycles. The molecule has 0 spiro atoms. The topological polar surface area (TPSA) is 72.9 Å². The molecule has 1 N–H and O–H groups in total. The second-order valence-electron chi connectivity index (χ2n) is 5.74. The smallest absolute Gasteiger partial charge is 0.264 e. The van der Waals surface area contributed by atoms with Gasteiger partial charge in [0, 0.05) is 0 Å². The molecule has 1 aromatic carbocycles. The van der Waals surface area contributed by atoms with Crippen molar-refractivity contribution in [2.24, 2.45) is 0 Å². The quantitative estimate of drug-likeness (QED) is 0.783. The summed E-state index contributed by atoms with van der Waals surface area (Å²) in [7, 11) is 0. The molecule has 3 aromatic rings. The SMILES string of the molecule is CCC(O)(CC)Cn1cnc2c(cnn2-c2ccccc2)c1=O. The van der Waals surface area contributed by atoms with E-state index in [9.17, 15) is 9.90 Å². The largest absolute Gasteiger partial charge is 0.388 e. The van der Waals surface area contributed by atoms with Crippen molar-refractivity contribution in [3.05, 3.63) is 53.2 Å². The minimum absolute atomic E-state index is 0.183. The number of benzene rings is 1. The van der Waals surface area contributed by atoms with Crippen molar-refractivity contribution in [1.29, 1.82) is 0 Å². The highest BCUT2D eigenvalue weighted by Gasteiger charge is 2.24. The summed E-state index contributed by atoms with van der Waals surface area (Å²) >= 11 is 0. The molecule has 0 aliphatic heterocycles. The predicted octanol–water partition coefficient (Wildman–Crippen LogP) is 2.13. The number of nitrogens with zero attached hydrogens (tertiary/aromatic N) is 4. The third-order valence-electron chi connectivity index (χ3n) is 4.34. The third-order valence-corrected chi connectivity index (χ3v) is 4.34. The maximum absolute atomic E-state index is 12.6. The van der Waals surface area contributed by atoms with Crippen LogP contribution in [0.4, 0.5) is 0 Å². The molecule has 3 rings (SSSR count). The van der Waals surface area contributed by atoms with Gasteiger partial charge in [-0.15, -0.1) is 0 Å². The Morgan fingerprint density at radius 2 is 1.87 bits per heavy atom. The molecule has 0 radical (unpaired) electrons. The summed E-state index contributed by atoms with van der Waals surface area (Å²) in [6, 6.07) is 9.56. The molecule has 0 aliphatic rings. The first-order valence-electron chi connectivity index (χ1n) is 7.79. The summed E-state index contributed by atoms with van der Waals surface area (Å²) in [4.78, 5) is 17.0. The molecule has 0 unspecified atom stereocenters. The Labute approximate surface area is 134 Å². The van der Waals surface area contributed by atoms with Crippen molar-refractivity contribution in [3.63, 3.8) is 0 Å². The zero-order valence-electron chi connectivity index (χ0n) is 13.3. The van der Waals surface area contributed by atoms with Crippen molar-refractivity contribution >= 4 is 11.0 Å². The molecule has 0 saturated heterocycles. The van der Waals surface area contributed by atoms with Gasteiger partial charge < -0.3 is 5.11 Å². The van der Waals surface area contributed by atoms with Gasteiger partial charge in [-0.2, -0.15) is 5.10 Å². The van der Waals surface area contributed by atoms with E-state index >= 15 is 0 Å². The average molecular weight is 312 g/mol. The van der Waals surface area contributed by atoms with Gasteiger partial charge in [0.25, 0.3) is 5.56 Å². The van der Waals surface area contributed by atoms with Gasteiger partial charge >= 0.3 is 0 Å². The lowest BCUT2D eigenvalue weighted by Gasteiger charge is -2.25. The Morgan fingerprint density at radius 1 is 1.17 bits per heavy atom. The van der Waals surface area contributed by atoms with Crippen molar-refractivity contribution in [3.8, 4) is 5.69 Å². The van der Waals surface area contributed by atoms with E-state index in [-0.39, 0.29) is 12.1 Å².